The molecule has 0 radical (unpaired) electrons. The standard InChI is InChI=1S/C13H28N2O2/c1-6-10(4)12(13(16)17)15-8-11(14-5)7-9(2)3/h9-12,14-15H,6-8H2,1-5H3,(H,16,17)/t10?,11-,12+/m1/s1. The van der Waals surface area contributed by atoms with E-state index in [1.54, 1.807) is 0 Å². The van der Waals surface area contributed by atoms with Crippen LogP contribution in [0.3, 0.4) is 0 Å². The minimum absolute atomic E-state index is 0.157. The smallest absolute Gasteiger partial charge is 0.320 e. The summed E-state index contributed by atoms with van der Waals surface area (Å²) in [5.74, 6) is 0.0175. The molecule has 4 heteroatoms. The Morgan fingerprint density at radius 1 is 1.29 bits per heavy atom. The fraction of sp³-hybridized carbons (Fsp3) is 0.923. The number of carbonyl (C=O) groups is 1. The van der Waals surface area contributed by atoms with Crippen molar-refractivity contribution in [2.45, 2.75) is 52.6 Å². The highest BCUT2D eigenvalue weighted by Crippen LogP contribution is 2.09. The third-order valence-electron chi connectivity index (χ3n) is 3.23. The Bertz CT molecular complexity index is 219. The van der Waals surface area contributed by atoms with Gasteiger partial charge in [-0.05, 0) is 25.3 Å². The number of hydrogen-bond donors (Lipinski definition) is 3. The lowest BCUT2D eigenvalue weighted by Crippen LogP contribution is -2.47. The van der Waals surface area contributed by atoms with Crippen molar-refractivity contribution in [3.8, 4) is 0 Å². The zero-order chi connectivity index (χ0) is 13.4. The van der Waals surface area contributed by atoms with Gasteiger partial charge in [-0.3, -0.25) is 4.79 Å². The molecule has 4 nitrogen and oxygen atoms in total. The number of carboxylic acids is 1. The van der Waals surface area contributed by atoms with Crippen LogP contribution in [0.5, 0.6) is 0 Å². The van der Waals surface area contributed by atoms with Gasteiger partial charge in [0, 0.05) is 12.6 Å². The zero-order valence-corrected chi connectivity index (χ0v) is 11.8. The maximum Gasteiger partial charge on any atom is 0.320 e. The molecule has 0 rings (SSSR count). The molecule has 102 valence electrons. The highest BCUT2D eigenvalue weighted by Gasteiger charge is 2.23. The first kappa shape index (κ1) is 16.4. The second-order valence-corrected chi connectivity index (χ2v) is 5.22. The Kier molecular flexibility index (Phi) is 8.17. The molecule has 0 saturated carbocycles. The summed E-state index contributed by atoms with van der Waals surface area (Å²) < 4.78 is 0. The van der Waals surface area contributed by atoms with E-state index in [9.17, 15) is 4.79 Å². The van der Waals surface area contributed by atoms with Gasteiger partial charge in [0.2, 0.25) is 0 Å². The van der Waals surface area contributed by atoms with Gasteiger partial charge in [-0.1, -0.05) is 34.1 Å². The van der Waals surface area contributed by atoms with Crippen LogP contribution in [0.2, 0.25) is 0 Å². The van der Waals surface area contributed by atoms with E-state index in [2.05, 4.69) is 24.5 Å². The molecule has 0 bridgehead atoms. The van der Waals surface area contributed by atoms with Crippen LogP contribution in [0.1, 0.15) is 40.5 Å². The predicted molar refractivity (Wildman–Crippen MR) is 71.2 cm³/mol. The molecule has 0 aromatic heterocycles. The molecule has 0 amide bonds. The Hall–Kier alpha value is -0.610. The number of carboxylic acid groups (broad SMARTS) is 1. The van der Waals surface area contributed by atoms with E-state index in [1.807, 2.05) is 20.9 Å². The normalized spacial score (nSPS) is 16.8. The first-order valence-electron chi connectivity index (χ1n) is 6.55. The molecular formula is C13H28N2O2. The first-order valence-corrected chi connectivity index (χ1v) is 6.55. The summed E-state index contributed by atoms with van der Waals surface area (Å²) >= 11 is 0. The second-order valence-electron chi connectivity index (χ2n) is 5.22. The van der Waals surface area contributed by atoms with Gasteiger partial charge in [-0.25, -0.2) is 0 Å². The van der Waals surface area contributed by atoms with Crippen molar-refractivity contribution >= 4 is 5.97 Å². The second kappa shape index (κ2) is 8.48. The minimum Gasteiger partial charge on any atom is -0.480 e. The van der Waals surface area contributed by atoms with E-state index < -0.39 is 12.0 Å². The van der Waals surface area contributed by atoms with Crippen LogP contribution >= 0.6 is 0 Å². The van der Waals surface area contributed by atoms with E-state index in [0.717, 1.165) is 12.8 Å². The lowest BCUT2D eigenvalue weighted by atomic mass is 9.98. The molecule has 0 aliphatic carbocycles. The Morgan fingerprint density at radius 3 is 2.24 bits per heavy atom. The van der Waals surface area contributed by atoms with E-state index >= 15 is 0 Å². The fourth-order valence-electron chi connectivity index (χ4n) is 1.91. The van der Waals surface area contributed by atoms with Crippen LogP contribution in [-0.4, -0.2) is 36.8 Å². The Balaban J connectivity index is 4.22. The molecule has 3 N–H and O–H groups in total. The largest absolute Gasteiger partial charge is 0.480 e. The van der Waals surface area contributed by atoms with E-state index in [4.69, 9.17) is 5.11 Å². The van der Waals surface area contributed by atoms with Crippen molar-refractivity contribution in [2.75, 3.05) is 13.6 Å². The lowest BCUT2D eigenvalue weighted by Gasteiger charge is -2.24. The summed E-state index contributed by atoms with van der Waals surface area (Å²) in [6.07, 6.45) is 1.93. The molecule has 3 atom stereocenters. The van der Waals surface area contributed by atoms with Crippen molar-refractivity contribution in [3.05, 3.63) is 0 Å². The van der Waals surface area contributed by atoms with Crippen LogP contribution in [0.25, 0.3) is 0 Å². The molecule has 0 aromatic rings. The van der Waals surface area contributed by atoms with Gasteiger partial charge in [-0.2, -0.15) is 0 Å². The summed E-state index contributed by atoms with van der Waals surface area (Å²) in [4.78, 5) is 11.1. The van der Waals surface area contributed by atoms with Crippen LogP contribution in [0, 0.1) is 11.8 Å². The predicted octanol–water partition coefficient (Wildman–Crippen LogP) is 1.71. The average molecular weight is 244 g/mol. The molecule has 0 saturated heterocycles. The summed E-state index contributed by atoms with van der Waals surface area (Å²) in [6, 6.07) is -0.107. The van der Waals surface area contributed by atoms with Gasteiger partial charge in [0.15, 0.2) is 0 Å². The average Bonchev–Trinajstić information content (AvgIpc) is 2.26. The van der Waals surface area contributed by atoms with Crippen LogP contribution in [0.15, 0.2) is 0 Å². The number of aliphatic carboxylic acids is 1. The summed E-state index contributed by atoms with van der Waals surface area (Å²) in [6.45, 7) is 9.05. The van der Waals surface area contributed by atoms with Gasteiger partial charge in [0.1, 0.15) is 6.04 Å². The third kappa shape index (κ3) is 6.64. The van der Waals surface area contributed by atoms with Gasteiger partial charge >= 0.3 is 5.97 Å². The lowest BCUT2D eigenvalue weighted by molar-refractivity contribution is -0.140. The van der Waals surface area contributed by atoms with Crippen molar-refractivity contribution in [1.82, 2.24) is 10.6 Å². The van der Waals surface area contributed by atoms with Crippen LogP contribution < -0.4 is 10.6 Å². The third-order valence-corrected chi connectivity index (χ3v) is 3.23. The van der Waals surface area contributed by atoms with Crippen LogP contribution in [0.4, 0.5) is 0 Å². The number of rotatable bonds is 9. The molecule has 0 heterocycles. The molecule has 1 unspecified atom stereocenters. The monoisotopic (exact) mass is 244 g/mol. The Morgan fingerprint density at radius 2 is 1.88 bits per heavy atom. The first-order chi connectivity index (χ1) is 7.92. The highest BCUT2D eigenvalue weighted by atomic mass is 16.4. The van der Waals surface area contributed by atoms with Gasteiger partial charge in [0.25, 0.3) is 0 Å². The molecule has 17 heavy (non-hydrogen) atoms. The maximum absolute atomic E-state index is 11.1. The van der Waals surface area contributed by atoms with E-state index in [1.165, 1.54) is 0 Å². The molecule has 0 aliphatic rings. The van der Waals surface area contributed by atoms with Gasteiger partial charge < -0.3 is 15.7 Å². The number of likely N-dealkylation sites (N-methyl/N-ethyl adjacent to an activating group) is 1. The van der Waals surface area contributed by atoms with Crippen molar-refractivity contribution in [1.29, 1.82) is 0 Å². The van der Waals surface area contributed by atoms with Crippen molar-refractivity contribution in [2.24, 2.45) is 11.8 Å². The minimum atomic E-state index is -0.751. The highest BCUT2D eigenvalue weighted by molar-refractivity contribution is 5.73. The fourth-order valence-corrected chi connectivity index (χ4v) is 1.91. The van der Waals surface area contributed by atoms with Gasteiger partial charge in [0.05, 0.1) is 0 Å². The zero-order valence-electron chi connectivity index (χ0n) is 11.8. The molecule has 0 aromatic carbocycles. The SMILES string of the molecule is CCC(C)[C@H](NC[C@@H](CC(C)C)NC)C(=O)O. The summed E-state index contributed by atoms with van der Waals surface area (Å²) in [5.41, 5.74) is 0. The molecule has 0 spiro atoms. The molecule has 0 fully saturated rings. The number of hydrogen-bond acceptors (Lipinski definition) is 3. The summed E-state index contributed by atoms with van der Waals surface area (Å²) in [5, 5.41) is 15.6. The molecule has 0 aliphatic heterocycles. The van der Waals surface area contributed by atoms with Crippen molar-refractivity contribution < 1.29 is 9.90 Å². The Labute approximate surface area is 105 Å². The maximum atomic E-state index is 11.1. The topological polar surface area (TPSA) is 61.4 Å². The van der Waals surface area contributed by atoms with Gasteiger partial charge in [-0.15, -0.1) is 0 Å². The van der Waals surface area contributed by atoms with E-state index in [-0.39, 0.29) is 5.92 Å². The van der Waals surface area contributed by atoms with E-state index in [0.29, 0.717) is 18.5 Å². The van der Waals surface area contributed by atoms with Crippen molar-refractivity contribution in [3.63, 3.8) is 0 Å². The molecular weight excluding hydrogens is 216 g/mol. The quantitative estimate of drug-likeness (QED) is 0.578. The number of nitrogens with one attached hydrogen (secondary N) is 2. The summed E-state index contributed by atoms with van der Waals surface area (Å²) in [7, 11) is 1.92. The van der Waals surface area contributed by atoms with Crippen LogP contribution in [-0.2, 0) is 4.79 Å².